The molecule has 140 valence electrons. The number of amides is 2. The van der Waals surface area contributed by atoms with Gasteiger partial charge in [-0.25, -0.2) is 0 Å². The van der Waals surface area contributed by atoms with Crippen LogP contribution < -0.4 is 0 Å². The highest BCUT2D eigenvalue weighted by Crippen LogP contribution is 2.43. The summed E-state index contributed by atoms with van der Waals surface area (Å²) in [7, 11) is 0. The quantitative estimate of drug-likeness (QED) is 0.890. The van der Waals surface area contributed by atoms with Crippen molar-refractivity contribution in [3.63, 3.8) is 0 Å². The van der Waals surface area contributed by atoms with E-state index in [0.717, 1.165) is 5.56 Å². The van der Waals surface area contributed by atoms with E-state index < -0.39 is 11.4 Å². The van der Waals surface area contributed by atoms with E-state index in [4.69, 9.17) is 0 Å². The Morgan fingerprint density at radius 1 is 1.15 bits per heavy atom. The number of carbonyl (C=O) groups excluding carboxylic acids is 2. The van der Waals surface area contributed by atoms with Crippen LogP contribution in [0.1, 0.15) is 31.7 Å². The summed E-state index contributed by atoms with van der Waals surface area (Å²) in [6, 6.07) is 9.88. The number of rotatable bonds is 4. The molecule has 0 aromatic heterocycles. The lowest BCUT2D eigenvalue weighted by Gasteiger charge is -2.29. The van der Waals surface area contributed by atoms with Crippen LogP contribution in [0.15, 0.2) is 30.3 Å². The number of carboxylic acids is 1. The summed E-state index contributed by atoms with van der Waals surface area (Å²) in [6.45, 7) is 3.17. The second kappa shape index (κ2) is 7.48. The molecule has 0 unspecified atom stereocenters. The first-order chi connectivity index (χ1) is 12.4. The van der Waals surface area contributed by atoms with Crippen molar-refractivity contribution in [1.82, 2.24) is 9.80 Å². The largest absolute Gasteiger partial charge is 0.481 e. The molecular weight excluding hydrogens is 332 g/mol. The average Bonchev–Trinajstić information content (AvgIpc) is 2.90. The number of aliphatic carboxylic acids is 1. The summed E-state index contributed by atoms with van der Waals surface area (Å²) in [5.74, 6) is -1.08. The monoisotopic (exact) mass is 358 g/mol. The van der Waals surface area contributed by atoms with Crippen LogP contribution in [0.3, 0.4) is 0 Å². The zero-order valence-electron chi connectivity index (χ0n) is 15.2. The van der Waals surface area contributed by atoms with Crippen LogP contribution in [-0.4, -0.2) is 58.9 Å². The third kappa shape index (κ3) is 3.59. The van der Waals surface area contributed by atoms with Gasteiger partial charge in [-0.3, -0.25) is 14.4 Å². The lowest BCUT2D eigenvalue weighted by Crippen LogP contribution is -2.42. The SMILES string of the molecule is CC(=O)N1C[C@@H]2CN(C(=O)CCc3ccccc3)CCC[C@]2(C(=O)O)C1. The molecule has 2 fully saturated rings. The fourth-order valence-corrected chi connectivity index (χ4v) is 4.30. The standard InChI is InChI=1S/C20H26N2O4/c1-15(23)22-13-17-12-21(11-5-10-20(17,14-22)19(25)26)18(24)9-8-16-6-3-2-4-7-16/h2-4,6-7,17H,5,8-14H2,1H3,(H,25,26)/t17-,20-/m0/s1. The van der Waals surface area contributed by atoms with Gasteiger partial charge in [0, 0.05) is 45.4 Å². The van der Waals surface area contributed by atoms with E-state index in [1.54, 1.807) is 4.90 Å². The van der Waals surface area contributed by atoms with Gasteiger partial charge in [0.05, 0.1) is 5.41 Å². The van der Waals surface area contributed by atoms with Crippen LogP contribution in [0.5, 0.6) is 0 Å². The Bertz CT molecular complexity index is 690. The molecule has 2 atom stereocenters. The van der Waals surface area contributed by atoms with Gasteiger partial charge in [-0.1, -0.05) is 30.3 Å². The fraction of sp³-hybridized carbons (Fsp3) is 0.550. The van der Waals surface area contributed by atoms with E-state index in [1.165, 1.54) is 6.92 Å². The lowest BCUT2D eigenvalue weighted by atomic mass is 9.75. The van der Waals surface area contributed by atoms with E-state index in [2.05, 4.69) is 0 Å². The van der Waals surface area contributed by atoms with E-state index in [0.29, 0.717) is 45.3 Å². The van der Waals surface area contributed by atoms with Gasteiger partial charge in [-0.15, -0.1) is 0 Å². The molecule has 2 aliphatic heterocycles. The Balaban J connectivity index is 1.69. The molecule has 3 rings (SSSR count). The maximum atomic E-state index is 12.7. The Kier molecular flexibility index (Phi) is 5.30. The van der Waals surface area contributed by atoms with Crippen LogP contribution >= 0.6 is 0 Å². The van der Waals surface area contributed by atoms with Crippen LogP contribution in [0.4, 0.5) is 0 Å². The first kappa shape index (κ1) is 18.4. The van der Waals surface area contributed by atoms with Gasteiger partial charge < -0.3 is 14.9 Å². The van der Waals surface area contributed by atoms with Gasteiger partial charge in [-0.05, 0) is 24.8 Å². The minimum atomic E-state index is -0.917. The molecule has 0 bridgehead atoms. The molecule has 6 nitrogen and oxygen atoms in total. The van der Waals surface area contributed by atoms with Crippen LogP contribution in [0.2, 0.25) is 0 Å². The minimum Gasteiger partial charge on any atom is -0.481 e. The topological polar surface area (TPSA) is 77.9 Å². The summed E-state index contributed by atoms with van der Waals surface area (Å²) in [6.07, 6.45) is 2.28. The third-order valence-electron chi connectivity index (χ3n) is 5.88. The number of hydrogen-bond acceptors (Lipinski definition) is 3. The highest BCUT2D eigenvalue weighted by atomic mass is 16.4. The maximum Gasteiger partial charge on any atom is 0.311 e. The van der Waals surface area contributed by atoms with Crippen molar-refractivity contribution in [2.24, 2.45) is 11.3 Å². The Morgan fingerprint density at radius 3 is 2.50 bits per heavy atom. The van der Waals surface area contributed by atoms with Gasteiger partial charge in [-0.2, -0.15) is 0 Å². The molecule has 1 N–H and O–H groups in total. The molecule has 0 spiro atoms. The minimum absolute atomic E-state index is 0.0660. The number of benzene rings is 1. The highest BCUT2D eigenvalue weighted by molar-refractivity contribution is 5.81. The normalized spacial score (nSPS) is 25.5. The fourth-order valence-electron chi connectivity index (χ4n) is 4.30. The molecule has 1 aromatic carbocycles. The molecular formula is C20H26N2O4. The molecule has 6 heteroatoms. The first-order valence-electron chi connectivity index (χ1n) is 9.23. The van der Waals surface area contributed by atoms with E-state index >= 15 is 0 Å². The molecule has 2 aliphatic rings. The van der Waals surface area contributed by atoms with Gasteiger partial charge in [0.25, 0.3) is 0 Å². The summed E-state index contributed by atoms with van der Waals surface area (Å²) < 4.78 is 0. The maximum absolute atomic E-state index is 12.7. The molecule has 0 saturated carbocycles. The summed E-state index contributed by atoms with van der Waals surface area (Å²) in [4.78, 5) is 39.9. The predicted octanol–water partition coefficient (Wildman–Crippen LogP) is 1.79. The second-order valence-electron chi connectivity index (χ2n) is 7.49. The molecule has 1 aromatic rings. The zero-order valence-corrected chi connectivity index (χ0v) is 15.2. The zero-order chi connectivity index (χ0) is 18.7. The van der Waals surface area contributed by atoms with Crippen molar-refractivity contribution in [2.75, 3.05) is 26.2 Å². The van der Waals surface area contributed by atoms with Crippen molar-refractivity contribution in [3.05, 3.63) is 35.9 Å². The third-order valence-corrected chi connectivity index (χ3v) is 5.88. The first-order valence-corrected chi connectivity index (χ1v) is 9.23. The molecule has 2 amide bonds. The number of likely N-dealkylation sites (tertiary alicyclic amines) is 2. The Hall–Kier alpha value is -2.37. The Labute approximate surface area is 153 Å². The van der Waals surface area contributed by atoms with E-state index in [1.807, 2.05) is 35.2 Å². The van der Waals surface area contributed by atoms with Crippen molar-refractivity contribution in [3.8, 4) is 0 Å². The van der Waals surface area contributed by atoms with E-state index in [9.17, 15) is 19.5 Å². The highest BCUT2D eigenvalue weighted by Gasteiger charge is 2.54. The van der Waals surface area contributed by atoms with Gasteiger partial charge >= 0.3 is 5.97 Å². The molecule has 2 saturated heterocycles. The van der Waals surface area contributed by atoms with Crippen molar-refractivity contribution in [2.45, 2.75) is 32.6 Å². The van der Waals surface area contributed by atoms with Crippen molar-refractivity contribution < 1.29 is 19.5 Å². The van der Waals surface area contributed by atoms with Gasteiger partial charge in [0.15, 0.2) is 0 Å². The van der Waals surface area contributed by atoms with Crippen LogP contribution in [0, 0.1) is 11.3 Å². The molecule has 2 heterocycles. The summed E-state index contributed by atoms with van der Waals surface area (Å²) in [5, 5.41) is 9.86. The Morgan fingerprint density at radius 2 is 1.85 bits per heavy atom. The second-order valence-corrected chi connectivity index (χ2v) is 7.49. The number of carboxylic acid groups (broad SMARTS) is 1. The number of nitrogens with zero attached hydrogens (tertiary/aromatic N) is 2. The summed E-state index contributed by atoms with van der Waals surface area (Å²) in [5.41, 5.74) is 0.208. The smallest absolute Gasteiger partial charge is 0.311 e. The van der Waals surface area contributed by atoms with Crippen LogP contribution in [0.25, 0.3) is 0 Å². The molecule has 0 radical (unpaired) electrons. The van der Waals surface area contributed by atoms with Crippen molar-refractivity contribution in [1.29, 1.82) is 0 Å². The molecule has 0 aliphatic carbocycles. The number of carbonyl (C=O) groups is 3. The lowest BCUT2D eigenvalue weighted by molar-refractivity contribution is -0.151. The number of fused-ring (bicyclic) bond motifs is 1. The van der Waals surface area contributed by atoms with Crippen LogP contribution in [-0.2, 0) is 20.8 Å². The number of aryl methyl sites for hydroxylation is 1. The van der Waals surface area contributed by atoms with E-state index in [-0.39, 0.29) is 24.3 Å². The predicted molar refractivity (Wildman–Crippen MR) is 96.4 cm³/mol. The summed E-state index contributed by atoms with van der Waals surface area (Å²) >= 11 is 0. The van der Waals surface area contributed by atoms with Gasteiger partial charge in [0.2, 0.25) is 11.8 Å². The van der Waals surface area contributed by atoms with Crippen molar-refractivity contribution >= 4 is 17.8 Å². The number of hydrogen-bond donors (Lipinski definition) is 1. The average molecular weight is 358 g/mol. The van der Waals surface area contributed by atoms with Gasteiger partial charge in [0.1, 0.15) is 0 Å². The molecule has 26 heavy (non-hydrogen) atoms.